The molecule has 112 valence electrons. The Hall–Kier alpha value is -2.31. The molecule has 1 amide bonds. The van der Waals surface area contributed by atoms with Gasteiger partial charge in [-0.2, -0.15) is 13.2 Å². The van der Waals surface area contributed by atoms with E-state index in [0.29, 0.717) is 19.3 Å². The van der Waals surface area contributed by atoms with Crippen molar-refractivity contribution >= 4 is 17.6 Å². The van der Waals surface area contributed by atoms with Crippen molar-refractivity contribution in [3.63, 3.8) is 0 Å². The highest BCUT2D eigenvalue weighted by Gasteiger charge is 2.31. The van der Waals surface area contributed by atoms with Crippen LogP contribution in [0.3, 0.4) is 0 Å². The molecule has 0 aromatic heterocycles. The second-order valence-corrected chi connectivity index (χ2v) is 4.65. The lowest BCUT2D eigenvalue weighted by atomic mass is 10.1. The third-order valence-corrected chi connectivity index (χ3v) is 3.20. The molecular formula is C14H12F3NO3. The zero-order chi connectivity index (χ0) is 15.6. The van der Waals surface area contributed by atoms with E-state index in [1.807, 2.05) is 0 Å². The van der Waals surface area contributed by atoms with Crippen LogP contribution in [0.4, 0.5) is 18.9 Å². The maximum Gasteiger partial charge on any atom is 0.416 e. The lowest BCUT2D eigenvalue weighted by molar-refractivity contribution is -0.137. The summed E-state index contributed by atoms with van der Waals surface area (Å²) in [6, 6.07) is 4.21. The number of anilines is 1. The first-order chi connectivity index (χ1) is 9.79. The van der Waals surface area contributed by atoms with Crippen molar-refractivity contribution in [2.45, 2.75) is 25.4 Å². The van der Waals surface area contributed by atoms with E-state index in [0.717, 1.165) is 12.1 Å². The fraction of sp³-hybridized carbons (Fsp3) is 0.286. The molecule has 0 bridgehead atoms. The number of carbonyl (C=O) groups excluding carboxylic acids is 1. The van der Waals surface area contributed by atoms with Gasteiger partial charge in [-0.15, -0.1) is 0 Å². The van der Waals surface area contributed by atoms with Crippen LogP contribution in [0.5, 0.6) is 0 Å². The Balaban J connectivity index is 2.21. The number of halogens is 3. The summed E-state index contributed by atoms with van der Waals surface area (Å²) in [5, 5.41) is 11.3. The molecule has 0 fully saturated rings. The fourth-order valence-corrected chi connectivity index (χ4v) is 2.21. The predicted octanol–water partition coefficient (Wildman–Crippen LogP) is 3.21. The molecule has 0 heterocycles. The second kappa shape index (κ2) is 5.59. The monoisotopic (exact) mass is 299 g/mol. The van der Waals surface area contributed by atoms with Crippen LogP contribution in [-0.2, 0) is 15.8 Å². The number of nitrogens with one attached hydrogen (secondary N) is 1. The number of hydrogen-bond acceptors (Lipinski definition) is 2. The standard InChI is InChI=1S/C14H12F3NO3/c15-14(16,17)8-3-1-4-9(7-8)18-12(19)10-5-2-6-11(10)13(20)21/h1,3-4,7H,2,5-6H2,(H,18,19)(H,20,21). The van der Waals surface area contributed by atoms with Crippen molar-refractivity contribution in [1.82, 2.24) is 0 Å². The van der Waals surface area contributed by atoms with Gasteiger partial charge in [0.05, 0.1) is 5.56 Å². The molecule has 2 rings (SSSR count). The van der Waals surface area contributed by atoms with Crippen LogP contribution in [0.2, 0.25) is 0 Å². The lowest BCUT2D eigenvalue weighted by Crippen LogP contribution is -2.17. The zero-order valence-corrected chi connectivity index (χ0v) is 10.8. The number of carbonyl (C=O) groups is 2. The van der Waals surface area contributed by atoms with Gasteiger partial charge in [-0.25, -0.2) is 4.79 Å². The quantitative estimate of drug-likeness (QED) is 0.900. The molecule has 0 unspecified atom stereocenters. The molecule has 21 heavy (non-hydrogen) atoms. The van der Waals surface area contributed by atoms with Crippen LogP contribution in [0.1, 0.15) is 24.8 Å². The third-order valence-electron chi connectivity index (χ3n) is 3.20. The van der Waals surface area contributed by atoms with Gasteiger partial charge in [0.15, 0.2) is 0 Å². The van der Waals surface area contributed by atoms with Gasteiger partial charge in [0.2, 0.25) is 0 Å². The average molecular weight is 299 g/mol. The highest BCUT2D eigenvalue weighted by Crippen LogP contribution is 2.31. The molecule has 1 aromatic carbocycles. The van der Waals surface area contributed by atoms with Crippen molar-refractivity contribution in [3.8, 4) is 0 Å². The number of alkyl halides is 3. The SMILES string of the molecule is O=C(O)C1=C(C(=O)Nc2cccc(C(F)(F)F)c2)CCC1. The Labute approximate surface area is 118 Å². The van der Waals surface area contributed by atoms with E-state index in [1.54, 1.807) is 0 Å². The van der Waals surface area contributed by atoms with Crippen LogP contribution in [0.25, 0.3) is 0 Å². The molecule has 0 spiro atoms. The summed E-state index contributed by atoms with van der Waals surface area (Å²) in [5.41, 5.74) is -0.738. The van der Waals surface area contributed by atoms with Gasteiger partial charge in [-0.1, -0.05) is 6.07 Å². The Kier molecular flexibility index (Phi) is 4.02. The van der Waals surface area contributed by atoms with Crippen LogP contribution in [0.15, 0.2) is 35.4 Å². The third kappa shape index (κ3) is 3.42. The highest BCUT2D eigenvalue weighted by atomic mass is 19.4. The van der Waals surface area contributed by atoms with Crippen molar-refractivity contribution in [2.24, 2.45) is 0 Å². The molecule has 0 saturated heterocycles. The van der Waals surface area contributed by atoms with Crippen molar-refractivity contribution in [1.29, 1.82) is 0 Å². The summed E-state index contributed by atoms with van der Waals surface area (Å²) >= 11 is 0. The van der Waals surface area contributed by atoms with Gasteiger partial charge in [0.1, 0.15) is 0 Å². The number of hydrogen-bond donors (Lipinski definition) is 2. The normalized spacial score (nSPS) is 15.2. The molecule has 4 nitrogen and oxygen atoms in total. The summed E-state index contributed by atoms with van der Waals surface area (Å²) in [6.45, 7) is 0. The lowest BCUT2D eigenvalue weighted by Gasteiger charge is -2.10. The Bertz CT molecular complexity index is 620. The predicted molar refractivity (Wildman–Crippen MR) is 68.6 cm³/mol. The molecule has 2 N–H and O–H groups in total. The van der Waals surface area contributed by atoms with Crippen molar-refractivity contribution in [3.05, 3.63) is 41.0 Å². The summed E-state index contributed by atoms with van der Waals surface area (Å²) in [5.74, 6) is -1.83. The molecule has 0 atom stereocenters. The maximum atomic E-state index is 12.6. The minimum Gasteiger partial charge on any atom is -0.478 e. The van der Waals surface area contributed by atoms with Crippen LogP contribution in [-0.4, -0.2) is 17.0 Å². The van der Waals surface area contributed by atoms with Crippen molar-refractivity contribution in [2.75, 3.05) is 5.32 Å². The molecule has 1 aromatic rings. The first kappa shape index (κ1) is 15.1. The van der Waals surface area contributed by atoms with Gasteiger partial charge in [0.25, 0.3) is 5.91 Å². The number of carboxylic acids is 1. The highest BCUT2D eigenvalue weighted by molar-refractivity contribution is 6.09. The van der Waals surface area contributed by atoms with E-state index in [4.69, 9.17) is 5.11 Å². The van der Waals surface area contributed by atoms with Crippen LogP contribution >= 0.6 is 0 Å². The number of benzene rings is 1. The summed E-state index contributed by atoms with van der Waals surface area (Å²) in [4.78, 5) is 22.9. The number of carboxylic acid groups (broad SMARTS) is 1. The largest absolute Gasteiger partial charge is 0.478 e. The van der Waals surface area contributed by atoms with Crippen LogP contribution < -0.4 is 5.32 Å². The van der Waals surface area contributed by atoms with E-state index < -0.39 is 23.6 Å². The van der Waals surface area contributed by atoms with E-state index in [2.05, 4.69) is 5.32 Å². The topological polar surface area (TPSA) is 66.4 Å². The zero-order valence-electron chi connectivity index (χ0n) is 10.8. The minimum atomic E-state index is -4.50. The van der Waals surface area contributed by atoms with Gasteiger partial charge < -0.3 is 10.4 Å². The Morgan fingerprint density at radius 2 is 1.81 bits per heavy atom. The van der Waals surface area contributed by atoms with Crippen molar-refractivity contribution < 1.29 is 27.9 Å². The first-order valence-corrected chi connectivity index (χ1v) is 6.23. The second-order valence-electron chi connectivity index (χ2n) is 4.65. The Morgan fingerprint density at radius 1 is 1.14 bits per heavy atom. The van der Waals surface area contributed by atoms with Gasteiger partial charge >= 0.3 is 12.1 Å². The molecule has 0 aliphatic heterocycles. The van der Waals surface area contributed by atoms with Gasteiger partial charge in [-0.05, 0) is 37.5 Å². The molecule has 0 radical (unpaired) electrons. The Morgan fingerprint density at radius 3 is 2.43 bits per heavy atom. The molecular weight excluding hydrogens is 287 g/mol. The van der Waals surface area contributed by atoms with Gasteiger partial charge in [0, 0.05) is 16.8 Å². The summed E-state index contributed by atoms with van der Waals surface area (Å²) < 4.78 is 37.7. The van der Waals surface area contributed by atoms with Crippen LogP contribution in [0, 0.1) is 0 Å². The summed E-state index contributed by atoms with van der Waals surface area (Å²) in [6.07, 6.45) is -3.35. The molecule has 0 saturated carbocycles. The van der Waals surface area contributed by atoms with E-state index >= 15 is 0 Å². The molecule has 1 aliphatic rings. The molecule has 1 aliphatic carbocycles. The van der Waals surface area contributed by atoms with E-state index in [9.17, 15) is 22.8 Å². The maximum absolute atomic E-state index is 12.6. The smallest absolute Gasteiger partial charge is 0.416 e. The van der Waals surface area contributed by atoms with E-state index in [1.165, 1.54) is 12.1 Å². The number of aliphatic carboxylic acids is 1. The number of amides is 1. The molecule has 7 heteroatoms. The first-order valence-electron chi connectivity index (χ1n) is 6.23. The number of rotatable bonds is 3. The fourth-order valence-electron chi connectivity index (χ4n) is 2.21. The van der Waals surface area contributed by atoms with E-state index in [-0.39, 0.29) is 16.8 Å². The van der Waals surface area contributed by atoms with Gasteiger partial charge in [-0.3, -0.25) is 4.79 Å². The minimum absolute atomic E-state index is 0.0148. The summed E-state index contributed by atoms with van der Waals surface area (Å²) in [7, 11) is 0. The average Bonchev–Trinajstić information content (AvgIpc) is 2.87.